The average molecular weight is 821 g/mol. The molecule has 0 spiro atoms. The zero-order valence-corrected chi connectivity index (χ0v) is 32.7. The molecule has 0 aliphatic heterocycles. The number of rotatable bonds is 6. The Morgan fingerprint density at radius 1 is 0.381 bits per heavy atom. The average Bonchev–Trinajstić information content (AvgIpc) is 4.33. The van der Waals surface area contributed by atoms with Crippen LogP contribution in [0.15, 0.2) is 215 Å². The van der Waals surface area contributed by atoms with E-state index in [1.54, 1.807) is 36.4 Å². The molecule has 0 amide bonds. The Kier molecular flexibility index (Phi) is 5.32. The van der Waals surface area contributed by atoms with Crippen molar-refractivity contribution in [2.24, 2.45) is 0 Å². The van der Waals surface area contributed by atoms with Crippen LogP contribution >= 0.6 is 0 Å². The maximum atomic E-state index is 10.1. The second-order valence-electron chi connectivity index (χ2n) is 14.8. The van der Waals surface area contributed by atoms with E-state index in [0.29, 0.717) is 27.7 Å². The second kappa shape index (κ2) is 14.0. The van der Waals surface area contributed by atoms with Gasteiger partial charge in [0.25, 0.3) is 0 Å². The maximum absolute atomic E-state index is 10.1. The van der Waals surface area contributed by atoms with Crippen molar-refractivity contribution in [1.29, 1.82) is 0 Å². The second-order valence-corrected chi connectivity index (χ2v) is 14.8. The Morgan fingerprint density at radius 3 is 1.98 bits per heavy atom. The van der Waals surface area contributed by atoms with Gasteiger partial charge in [0, 0.05) is 54.7 Å². The van der Waals surface area contributed by atoms with Crippen LogP contribution in [0.1, 0.15) is 19.2 Å². The van der Waals surface area contributed by atoms with Crippen LogP contribution in [0.25, 0.3) is 128 Å². The van der Waals surface area contributed by atoms with E-state index in [2.05, 4.69) is 0 Å². The molecule has 0 saturated carbocycles. The summed E-state index contributed by atoms with van der Waals surface area (Å²) < 4.78 is 143. The molecular weight excluding hydrogens is 773 g/mol. The molecule has 0 unspecified atom stereocenters. The third-order valence-electron chi connectivity index (χ3n) is 11.2. The molecule has 6 heteroatoms. The molecule has 0 atom stereocenters. The Hall–Kier alpha value is -8.61. The number of hydrogen-bond acceptors (Lipinski definition) is 5. The molecule has 0 aliphatic carbocycles. The summed E-state index contributed by atoms with van der Waals surface area (Å²) in [6.07, 6.45) is 0. The standard InChI is InChI=1S/C57H34N4O2/c1-4-14-35(15-5-1)38-27-30-48-45(32-38)41-20-10-11-23-47(41)61(48)40-28-31-49-46(34-40)54-44(22-13-25-51(54)62-49)57-59-55(37-18-8-3-9-19-37)58-56(60-57)43-21-12-24-50-53(43)42-29-26-39(33-52(42)63-50)36-16-6-2-7-17-36/h1-34H/i4D,5D,13D,14D,15D,22D,23D,25D,27D,28D,30D,31D,32D,34D. The number of fused-ring (bicyclic) bond motifs is 9. The molecule has 0 bridgehead atoms. The molecule has 6 nitrogen and oxygen atoms in total. The van der Waals surface area contributed by atoms with E-state index in [-0.39, 0.29) is 89.6 Å². The Labute approximate surface area is 380 Å². The summed E-state index contributed by atoms with van der Waals surface area (Å²) in [5.41, 5.74) is 2.00. The van der Waals surface area contributed by atoms with E-state index in [0.717, 1.165) is 22.6 Å². The number of para-hydroxylation sites is 1. The van der Waals surface area contributed by atoms with Crippen LogP contribution in [-0.2, 0) is 0 Å². The van der Waals surface area contributed by atoms with Gasteiger partial charge in [0.2, 0.25) is 0 Å². The third-order valence-corrected chi connectivity index (χ3v) is 11.2. The van der Waals surface area contributed by atoms with Crippen molar-refractivity contribution < 1.29 is 28.0 Å². The van der Waals surface area contributed by atoms with Gasteiger partial charge in [-0.1, -0.05) is 145 Å². The lowest BCUT2D eigenvalue weighted by Gasteiger charge is -2.11. The van der Waals surface area contributed by atoms with Crippen LogP contribution in [0.3, 0.4) is 0 Å². The lowest BCUT2D eigenvalue weighted by atomic mass is 10.0. The molecule has 294 valence electrons. The summed E-state index contributed by atoms with van der Waals surface area (Å²) in [6, 6.07) is 28.5. The first kappa shape index (κ1) is 24.0. The minimum Gasteiger partial charge on any atom is -0.456 e. The molecule has 0 aliphatic rings. The van der Waals surface area contributed by atoms with Crippen molar-refractivity contribution in [3.63, 3.8) is 0 Å². The Morgan fingerprint density at radius 2 is 1.13 bits per heavy atom. The number of benzene rings is 9. The molecule has 4 heterocycles. The summed E-state index contributed by atoms with van der Waals surface area (Å²) in [6.45, 7) is 0. The molecule has 0 radical (unpaired) electrons. The molecular formula is C57H34N4O2. The van der Waals surface area contributed by atoms with Crippen LogP contribution in [0.5, 0.6) is 0 Å². The molecule has 9 aromatic carbocycles. The zero-order valence-electron chi connectivity index (χ0n) is 46.7. The number of furan rings is 2. The summed E-state index contributed by atoms with van der Waals surface area (Å²) >= 11 is 0. The quantitative estimate of drug-likeness (QED) is 0.167. The Bertz CT molecular complexity index is 4720. The van der Waals surface area contributed by atoms with Gasteiger partial charge >= 0.3 is 0 Å². The predicted octanol–water partition coefficient (Wildman–Crippen LogP) is 15.1. The zero-order chi connectivity index (χ0) is 53.6. The van der Waals surface area contributed by atoms with Crippen molar-refractivity contribution in [3.8, 4) is 62.1 Å². The minimum absolute atomic E-state index is 0.0231. The highest BCUT2D eigenvalue weighted by Gasteiger charge is 2.22. The van der Waals surface area contributed by atoms with Gasteiger partial charge in [-0.2, -0.15) is 0 Å². The lowest BCUT2D eigenvalue weighted by Crippen LogP contribution is -2.00. The predicted molar refractivity (Wildman–Crippen MR) is 256 cm³/mol. The van der Waals surface area contributed by atoms with Gasteiger partial charge in [-0.05, 0) is 82.7 Å². The van der Waals surface area contributed by atoms with Gasteiger partial charge in [-0.3, -0.25) is 0 Å². The fraction of sp³-hybridized carbons (Fsp3) is 0. The van der Waals surface area contributed by atoms with Gasteiger partial charge in [0.1, 0.15) is 22.3 Å². The van der Waals surface area contributed by atoms with E-state index < -0.39 is 78.6 Å². The van der Waals surface area contributed by atoms with E-state index in [1.807, 2.05) is 66.7 Å². The van der Waals surface area contributed by atoms with Crippen LogP contribution in [0.2, 0.25) is 0 Å². The fourth-order valence-corrected chi connectivity index (χ4v) is 8.32. The summed E-state index contributed by atoms with van der Waals surface area (Å²) in [7, 11) is 0. The van der Waals surface area contributed by atoms with Crippen LogP contribution in [0.4, 0.5) is 0 Å². The largest absolute Gasteiger partial charge is 0.456 e. The van der Waals surface area contributed by atoms with Gasteiger partial charge in [0.05, 0.1) is 30.2 Å². The van der Waals surface area contributed by atoms with Crippen LogP contribution < -0.4 is 0 Å². The first-order valence-corrected chi connectivity index (χ1v) is 20.0. The molecule has 0 saturated heterocycles. The monoisotopic (exact) mass is 820 g/mol. The fourth-order valence-electron chi connectivity index (χ4n) is 8.32. The van der Waals surface area contributed by atoms with Gasteiger partial charge in [-0.25, -0.2) is 15.0 Å². The highest BCUT2D eigenvalue weighted by molar-refractivity contribution is 6.15. The van der Waals surface area contributed by atoms with E-state index in [4.69, 9.17) is 32.0 Å². The SMILES string of the molecule is [2H]c1cc([2H])c([2H])c(-c2c([2H])c([2H])c3c(c2[2H])c2cccc([2H])c2n3-c2c([2H])c([2H])c3oc4c([2H])c([2H])c([2H])c(-c5nc(-c6ccccc6)nc(-c6cccc7oc8cc(-c9ccccc9)ccc8c67)n5)c4c3c2[2H])c1[2H]. The van der Waals surface area contributed by atoms with Crippen molar-refractivity contribution in [2.75, 3.05) is 0 Å². The maximum Gasteiger partial charge on any atom is 0.164 e. The van der Waals surface area contributed by atoms with Crippen LogP contribution in [-0.4, -0.2) is 19.5 Å². The lowest BCUT2D eigenvalue weighted by molar-refractivity contribution is 0.668. The first-order valence-electron chi connectivity index (χ1n) is 27.0. The summed E-state index contributed by atoms with van der Waals surface area (Å²) in [5.74, 6) is 0.160. The van der Waals surface area contributed by atoms with E-state index in [9.17, 15) is 11.0 Å². The third kappa shape index (κ3) is 5.69. The normalized spacial score (nSPS) is 14.9. The number of hydrogen-bond donors (Lipinski definition) is 0. The summed E-state index contributed by atoms with van der Waals surface area (Å²) in [4.78, 5) is 14.9. The van der Waals surface area contributed by atoms with Crippen molar-refractivity contribution in [2.45, 2.75) is 0 Å². The Balaban J connectivity index is 1.12. The molecule has 4 aromatic heterocycles. The highest BCUT2D eigenvalue weighted by Crippen LogP contribution is 2.42. The topological polar surface area (TPSA) is 69.9 Å². The van der Waals surface area contributed by atoms with E-state index in [1.165, 1.54) is 16.7 Å². The van der Waals surface area contributed by atoms with Gasteiger partial charge in [0.15, 0.2) is 17.5 Å². The van der Waals surface area contributed by atoms with Crippen molar-refractivity contribution in [3.05, 3.63) is 206 Å². The van der Waals surface area contributed by atoms with E-state index >= 15 is 0 Å². The smallest absolute Gasteiger partial charge is 0.164 e. The number of aromatic nitrogens is 4. The van der Waals surface area contributed by atoms with Gasteiger partial charge < -0.3 is 13.4 Å². The van der Waals surface area contributed by atoms with Crippen LogP contribution in [0, 0.1) is 0 Å². The van der Waals surface area contributed by atoms with Crippen molar-refractivity contribution >= 4 is 65.7 Å². The van der Waals surface area contributed by atoms with Crippen molar-refractivity contribution in [1.82, 2.24) is 19.5 Å². The van der Waals surface area contributed by atoms with Gasteiger partial charge in [-0.15, -0.1) is 0 Å². The molecule has 0 N–H and O–H groups in total. The number of nitrogens with zero attached hydrogens (tertiary/aromatic N) is 4. The molecule has 13 rings (SSSR count). The first-order chi connectivity index (χ1) is 37.0. The minimum atomic E-state index is -0.664. The molecule has 63 heavy (non-hydrogen) atoms. The molecule has 0 fully saturated rings. The highest BCUT2D eigenvalue weighted by atomic mass is 16.3. The summed E-state index contributed by atoms with van der Waals surface area (Å²) in [5, 5.41) is 1.24. The molecule has 13 aromatic rings.